The highest BCUT2D eigenvalue weighted by molar-refractivity contribution is 6.06. The lowest BCUT2D eigenvalue weighted by Gasteiger charge is -2.45. The highest BCUT2D eigenvalue weighted by Crippen LogP contribution is 2.43. The van der Waals surface area contributed by atoms with Crippen molar-refractivity contribution in [2.45, 2.75) is 32.6 Å². The standard InChI is InChI=1S/C19H23FN2O3/c1-19(14-7-3-4-8-14)12-21(2)18(25)22(17(19)24)11-16(23)13-6-5-9-15(20)10-13/h5-6,9-10,14H,3-4,7-8,11-12H2,1-2H3. The van der Waals surface area contributed by atoms with Crippen molar-refractivity contribution in [3.63, 3.8) is 0 Å². The van der Waals surface area contributed by atoms with Crippen LogP contribution in [-0.4, -0.2) is 47.7 Å². The van der Waals surface area contributed by atoms with Gasteiger partial charge in [-0.15, -0.1) is 0 Å². The Balaban J connectivity index is 1.84. The van der Waals surface area contributed by atoms with Gasteiger partial charge < -0.3 is 4.90 Å². The maximum absolute atomic E-state index is 13.3. The van der Waals surface area contributed by atoms with Crippen molar-refractivity contribution in [2.75, 3.05) is 20.1 Å². The number of imide groups is 1. The predicted molar refractivity (Wildman–Crippen MR) is 90.5 cm³/mol. The highest BCUT2D eigenvalue weighted by Gasteiger charge is 2.51. The normalized spacial score (nSPS) is 24.9. The van der Waals surface area contributed by atoms with Crippen LogP contribution in [0.15, 0.2) is 24.3 Å². The molecule has 0 spiro atoms. The molecule has 0 aromatic heterocycles. The molecule has 3 amide bonds. The summed E-state index contributed by atoms with van der Waals surface area (Å²) in [6.07, 6.45) is 4.12. The van der Waals surface area contributed by atoms with Crippen molar-refractivity contribution in [1.82, 2.24) is 9.80 Å². The molecule has 1 saturated carbocycles. The molecule has 2 aliphatic rings. The van der Waals surface area contributed by atoms with Gasteiger partial charge in [0.2, 0.25) is 5.91 Å². The van der Waals surface area contributed by atoms with Gasteiger partial charge in [0.1, 0.15) is 5.82 Å². The Morgan fingerprint density at radius 1 is 1.28 bits per heavy atom. The van der Waals surface area contributed by atoms with E-state index < -0.39 is 23.0 Å². The third-order valence-corrected chi connectivity index (χ3v) is 5.56. The Morgan fingerprint density at radius 3 is 2.60 bits per heavy atom. The summed E-state index contributed by atoms with van der Waals surface area (Å²) in [7, 11) is 1.65. The molecule has 1 saturated heterocycles. The number of urea groups is 1. The third-order valence-electron chi connectivity index (χ3n) is 5.56. The second-order valence-corrected chi connectivity index (χ2v) is 7.36. The second kappa shape index (κ2) is 6.58. The number of hydrogen-bond acceptors (Lipinski definition) is 3. The first-order chi connectivity index (χ1) is 11.8. The summed E-state index contributed by atoms with van der Waals surface area (Å²) in [5.41, 5.74) is -0.502. The van der Waals surface area contributed by atoms with Crippen LogP contribution in [0.2, 0.25) is 0 Å². The first-order valence-corrected chi connectivity index (χ1v) is 8.69. The zero-order valence-corrected chi connectivity index (χ0v) is 14.6. The lowest BCUT2D eigenvalue weighted by Crippen LogP contribution is -2.62. The summed E-state index contributed by atoms with van der Waals surface area (Å²) in [4.78, 5) is 40.6. The molecule has 1 aromatic carbocycles. The molecule has 0 radical (unpaired) electrons. The first-order valence-electron chi connectivity index (χ1n) is 8.69. The van der Waals surface area contributed by atoms with Gasteiger partial charge in [0, 0.05) is 19.2 Å². The largest absolute Gasteiger partial charge is 0.326 e. The molecule has 1 atom stereocenters. The van der Waals surface area contributed by atoms with Crippen molar-refractivity contribution in [3.8, 4) is 0 Å². The lowest BCUT2D eigenvalue weighted by molar-refractivity contribution is -0.145. The van der Waals surface area contributed by atoms with Crippen LogP contribution in [-0.2, 0) is 4.79 Å². The summed E-state index contributed by atoms with van der Waals surface area (Å²) in [5, 5.41) is 0. The van der Waals surface area contributed by atoms with Crippen molar-refractivity contribution in [2.24, 2.45) is 11.3 Å². The number of Topliss-reactive ketones (excluding diaryl/α,β-unsaturated/α-hetero) is 1. The number of hydrogen-bond donors (Lipinski definition) is 0. The summed E-state index contributed by atoms with van der Waals surface area (Å²) >= 11 is 0. The Morgan fingerprint density at radius 2 is 1.96 bits per heavy atom. The molecule has 0 bridgehead atoms. The topological polar surface area (TPSA) is 57.7 Å². The van der Waals surface area contributed by atoms with E-state index in [0.717, 1.165) is 36.6 Å². The van der Waals surface area contributed by atoms with Crippen molar-refractivity contribution in [3.05, 3.63) is 35.6 Å². The van der Waals surface area contributed by atoms with Crippen LogP contribution in [0.4, 0.5) is 9.18 Å². The van der Waals surface area contributed by atoms with E-state index in [4.69, 9.17) is 0 Å². The second-order valence-electron chi connectivity index (χ2n) is 7.36. The Hall–Kier alpha value is -2.24. The van der Waals surface area contributed by atoms with Crippen LogP contribution >= 0.6 is 0 Å². The SMILES string of the molecule is CN1CC(C)(C2CCCC2)C(=O)N(CC(=O)c2cccc(F)c2)C1=O. The predicted octanol–water partition coefficient (Wildman–Crippen LogP) is 3.10. The fourth-order valence-electron chi connectivity index (χ4n) is 4.13. The molecule has 5 nitrogen and oxygen atoms in total. The smallest absolute Gasteiger partial charge is 0.326 e. The molecule has 1 heterocycles. The van der Waals surface area contributed by atoms with Crippen LogP contribution in [0.3, 0.4) is 0 Å². The van der Waals surface area contributed by atoms with E-state index in [-0.39, 0.29) is 23.9 Å². The third kappa shape index (κ3) is 3.17. The van der Waals surface area contributed by atoms with E-state index in [0.29, 0.717) is 6.54 Å². The van der Waals surface area contributed by atoms with Crippen LogP contribution in [0.1, 0.15) is 43.0 Å². The van der Waals surface area contributed by atoms with Crippen LogP contribution < -0.4 is 0 Å². The molecule has 6 heteroatoms. The summed E-state index contributed by atoms with van der Waals surface area (Å²) in [6, 6.07) is 4.84. The number of carbonyl (C=O) groups excluding carboxylic acids is 3. The molecule has 25 heavy (non-hydrogen) atoms. The van der Waals surface area contributed by atoms with Gasteiger partial charge in [0.25, 0.3) is 0 Å². The first kappa shape index (κ1) is 17.6. The van der Waals surface area contributed by atoms with Gasteiger partial charge in [0.05, 0.1) is 12.0 Å². The molecule has 134 valence electrons. The van der Waals surface area contributed by atoms with Gasteiger partial charge in [-0.25, -0.2) is 9.18 Å². The van der Waals surface area contributed by atoms with Gasteiger partial charge in [-0.1, -0.05) is 25.0 Å². The molecule has 1 aliphatic carbocycles. The minimum atomic E-state index is -0.665. The Bertz CT molecular complexity index is 714. The summed E-state index contributed by atoms with van der Waals surface area (Å²) in [5.74, 6) is -1.02. The monoisotopic (exact) mass is 346 g/mol. The van der Waals surface area contributed by atoms with Crippen molar-refractivity contribution >= 4 is 17.7 Å². The number of halogens is 1. The molecule has 1 aliphatic heterocycles. The quantitative estimate of drug-likeness (QED) is 0.787. The lowest BCUT2D eigenvalue weighted by atomic mass is 9.73. The maximum Gasteiger partial charge on any atom is 0.326 e. The number of ketones is 1. The highest BCUT2D eigenvalue weighted by atomic mass is 19.1. The van der Waals surface area contributed by atoms with E-state index in [1.165, 1.54) is 23.1 Å². The minimum Gasteiger partial charge on any atom is -0.326 e. The van der Waals surface area contributed by atoms with Gasteiger partial charge in [0.15, 0.2) is 5.78 Å². The van der Waals surface area contributed by atoms with E-state index in [1.54, 1.807) is 7.05 Å². The number of rotatable bonds is 4. The van der Waals surface area contributed by atoms with Crippen LogP contribution in [0, 0.1) is 17.2 Å². The van der Waals surface area contributed by atoms with E-state index >= 15 is 0 Å². The maximum atomic E-state index is 13.3. The zero-order chi connectivity index (χ0) is 18.2. The number of carbonyl (C=O) groups is 3. The van der Waals surface area contributed by atoms with Gasteiger partial charge >= 0.3 is 6.03 Å². The van der Waals surface area contributed by atoms with Crippen molar-refractivity contribution in [1.29, 1.82) is 0 Å². The van der Waals surface area contributed by atoms with Crippen LogP contribution in [0.25, 0.3) is 0 Å². The van der Waals surface area contributed by atoms with Gasteiger partial charge in [-0.3, -0.25) is 14.5 Å². The number of amides is 3. The molecule has 2 fully saturated rings. The molecule has 3 rings (SSSR count). The summed E-state index contributed by atoms with van der Waals surface area (Å²) < 4.78 is 13.3. The number of benzene rings is 1. The number of nitrogens with zero attached hydrogens (tertiary/aromatic N) is 2. The summed E-state index contributed by atoms with van der Waals surface area (Å²) in [6.45, 7) is 1.92. The Labute approximate surface area is 146 Å². The van der Waals surface area contributed by atoms with Crippen molar-refractivity contribution < 1.29 is 18.8 Å². The molecule has 0 N–H and O–H groups in total. The molecular formula is C19H23FN2O3. The van der Waals surface area contributed by atoms with Gasteiger partial charge in [-0.2, -0.15) is 0 Å². The average Bonchev–Trinajstić information content (AvgIpc) is 3.12. The fourth-order valence-corrected chi connectivity index (χ4v) is 4.13. The molecule has 1 unspecified atom stereocenters. The Kier molecular flexibility index (Phi) is 4.62. The van der Waals surface area contributed by atoms with Crippen LogP contribution in [0.5, 0.6) is 0 Å². The van der Waals surface area contributed by atoms with Gasteiger partial charge in [-0.05, 0) is 37.8 Å². The molecule has 1 aromatic rings. The molecular weight excluding hydrogens is 323 g/mol. The van der Waals surface area contributed by atoms with E-state index in [9.17, 15) is 18.8 Å². The van der Waals surface area contributed by atoms with E-state index in [1.807, 2.05) is 6.92 Å². The average molecular weight is 346 g/mol. The zero-order valence-electron chi connectivity index (χ0n) is 14.6. The fraction of sp³-hybridized carbons (Fsp3) is 0.526. The van der Waals surface area contributed by atoms with E-state index in [2.05, 4.69) is 0 Å². The minimum absolute atomic E-state index is 0.163.